The SMILES string of the molecule is COc1cccc(C=O)c1O.NCC(=O)[O-].NCC(=O)[O-].[Zn+2]. The molecular formula is C12H16N2O7Zn. The number of carboxylic acids is 2. The van der Waals surface area contributed by atoms with E-state index in [1.165, 1.54) is 13.2 Å². The summed E-state index contributed by atoms with van der Waals surface area (Å²) in [5.74, 6) is -2.23. The van der Waals surface area contributed by atoms with E-state index in [2.05, 4.69) is 11.5 Å². The minimum atomic E-state index is -1.22. The van der Waals surface area contributed by atoms with Crippen LogP contribution in [0.4, 0.5) is 0 Å². The van der Waals surface area contributed by atoms with Gasteiger partial charge in [0.15, 0.2) is 17.8 Å². The van der Waals surface area contributed by atoms with Crippen LogP contribution in [0, 0.1) is 0 Å². The van der Waals surface area contributed by atoms with Crippen LogP contribution in [0.3, 0.4) is 0 Å². The molecule has 0 fully saturated rings. The Morgan fingerprint density at radius 3 is 1.91 bits per heavy atom. The van der Waals surface area contributed by atoms with E-state index in [-0.39, 0.29) is 43.9 Å². The zero-order chi connectivity index (χ0) is 16.8. The number of carboxylic acid groups (broad SMARTS) is 2. The van der Waals surface area contributed by atoms with Crippen molar-refractivity contribution in [1.82, 2.24) is 0 Å². The molecule has 9 nitrogen and oxygen atoms in total. The second kappa shape index (κ2) is 15.4. The van der Waals surface area contributed by atoms with Gasteiger partial charge in [-0.1, -0.05) is 6.07 Å². The van der Waals surface area contributed by atoms with Crippen LogP contribution in [0.15, 0.2) is 18.2 Å². The van der Waals surface area contributed by atoms with Crippen LogP contribution in [0.1, 0.15) is 10.4 Å². The van der Waals surface area contributed by atoms with Crippen LogP contribution >= 0.6 is 0 Å². The number of phenolic OH excluding ortho intramolecular Hbond substituents is 1. The summed E-state index contributed by atoms with van der Waals surface area (Å²) in [5, 5.41) is 27.5. The van der Waals surface area contributed by atoms with Crippen molar-refractivity contribution < 1.29 is 53.9 Å². The van der Waals surface area contributed by atoms with E-state index in [9.17, 15) is 9.90 Å². The van der Waals surface area contributed by atoms with E-state index in [1.807, 2.05) is 0 Å². The third kappa shape index (κ3) is 13.0. The predicted molar refractivity (Wildman–Crippen MR) is 68.2 cm³/mol. The van der Waals surface area contributed by atoms with E-state index in [0.29, 0.717) is 12.0 Å². The first-order valence-corrected chi connectivity index (χ1v) is 5.44. The molecule has 0 saturated heterocycles. The Morgan fingerprint density at radius 1 is 1.23 bits per heavy atom. The van der Waals surface area contributed by atoms with Crippen molar-refractivity contribution in [2.45, 2.75) is 0 Å². The number of phenols is 1. The maximum atomic E-state index is 10.3. The summed E-state index contributed by atoms with van der Waals surface area (Å²) in [4.78, 5) is 28.5. The van der Waals surface area contributed by atoms with Gasteiger partial charge < -0.3 is 41.1 Å². The normalized spacial score (nSPS) is 7.95. The van der Waals surface area contributed by atoms with E-state index in [4.69, 9.17) is 24.5 Å². The molecule has 118 valence electrons. The molecule has 1 aromatic rings. The van der Waals surface area contributed by atoms with Gasteiger partial charge in [-0.2, -0.15) is 0 Å². The molecule has 0 atom stereocenters. The first-order valence-electron chi connectivity index (χ1n) is 5.44. The summed E-state index contributed by atoms with van der Waals surface area (Å²) in [7, 11) is 1.43. The topological polar surface area (TPSA) is 179 Å². The van der Waals surface area contributed by atoms with Gasteiger partial charge in [0.05, 0.1) is 24.6 Å². The number of rotatable bonds is 4. The Balaban J connectivity index is -0.000000279. The molecule has 0 saturated carbocycles. The maximum absolute atomic E-state index is 10.3. The molecule has 0 aromatic heterocycles. The molecule has 0 aliphatic carbocycles. The number of aromatic hydroxyl groups is 1. The van der Waals surface area contributed by atoms with Crippen LogP contribution in [-0.4, -0.2) is 43.5 Å². The number of carbonyl (C=O) groups is 3. The van der Waals surface area contributed by atoms with Gasteiger partial charge >= 0.3 is 19.5 Å². The van der Waals surface area contributed by atoms with Gasteiger partial charge in [-0.05, 0) is 12.1 Å². The third-order valence-electron chi connectivity index (χ3n) is 1.71. The third-order valence-corrected chi connectivity index (χ3v) is 1.71. The number of carbonyl (C=O) groups excluding carboxylic acids is 3. The first-order chi connectivity index (χ1) is 9.83. The van der Waals surface area contributed by atoms with Gasteiger partial charge in [-0.25, -0.2) is 0 Å². The van der Waals surface area contributed by atoms with E-state index in [0.717, 1.165) is 0 Å². The maximum Gasteiger partial charge on any atom is 2.00 e. The summed E-state index contributed by atoms with van der Waals surface area (Å²) in [5.41, 5.74) is 9.26. The Hall–Kier alpha value is -2.03. The fraction of sp³-hybridized carbons (Fsp3) is 0.250. The van der Waals surface area contributed by atoms with Crippen molar-refractivity contribution in [2.24, 2.45) is 11.5 Å². The molecule has 1 rings (SSSR count). The molecular weight excluding hydrogens is 350 g/mol. The van der Waals surface area contributed by atoms with Gasteiger partial charge in [0.25, 0.3) is 0 Å². The molecule has 0 heterocycles. The molecule has 0 spiro atoms. The zero-order valence-corrected chi connectivity index (χ0v) is 14.9. The van der Waals surface area contributed by atoms with Gasteiger partial charge in [0, 0.05) is 13.1 Å². The Morgan fingerprint density at radius 2 is 1.64 bits per heavy atom. The van der Waals surface area contributed by atoms with Gasteiger partial charge in [0.2, 0.25) is 0 Å². The molecule has 0 bridgehead atoms. The number of nitrogens with two attached hydrogens (primary N) is 2. The predicted octanol–water partition coefficient (Wildman–Crippen LogP) is -3.40. The minimum absolute atomic E-state index is 0. The van der Waals surface area contributed by atoms with Crippen molar-refractivity contribution >= 4 is 18.2 Å². The standard InChI is InChI=1S/C8H8O3.2C2H5NO2.Zn/c1-11-7-4-2-3-6(5-9)8(7)10;2*3-1-2(4)5;/h2-5,10H,1H3;2*1,3H2,(H,4,5);/q;;;+2/p-2. The van der Waals surface area contributed by atoms with E-state index < -0.39 is 11.9 Å². The number of para-hydroxylation sites is 1. The number of benzene rings is 1. The first kappa shape index (κ1) is 25.0. The smallest absolute Gasteiger partial charge is 0.549 e. The van der Waals surface area contributed by atoms with Crippen LogP contribution in [0.25, 0.3) is 0 Å². The zero-order valence-electron chi connectivity index (χ0n) is 12.0. The van der Waals surface area contributed by atoms with Gasteiger partial charge in [-0.15, -0.1) is 0 Å². The Bertz CT molecular complexity index is 455. The largest absolute Gasteiger partial charge is 2.00 e. The molecule has 5 N–H and O–H groups in total. The number of aldehydes is 1. The van der Waals surface area contributed by atoms with Crippen molar-refractivity contribution in [2.75, 3.05) is 20.2 Å². The average Bonchev–Trinajstić information content (AvgIpc) is 2.48. The van der Waals surface area contributed by atoms with Crippen molar-refractivity contribution in [1.29, 1.82) is 0 Å². The minimum Gasteiger partial charge on any atom is -0.549 e. The summed E-state index contributed by atoms with van der Waals surface area (Å²) >= 11 is 0. The average molecular weight is 366 g/mol. The fourth-order valence-electron chi connectivity index (χ4n) is 0.799. The van der Waals surface area contributed by atoms with Crippen molar-refractivity contribution in [3.63, 3.8) is 0 Å². The molecule has 0 aliphatic rings. The molecule has 0 radical (unpaired) electrons. The summed E-state index contributed by atoms with van der Waals surface area (Å²) in [6.45, 7) is -0.778. The molecule has 0 unspecified atom stereocenters. The quantitative estimate of drug-likeness (QED) is 0.362. The number of aliphatic carboxylic acids is 2. The van der Waals surface area contributed by atoms with E-state index in [1.54, 1.807) is 12.1 Å². The number of hydrogen-bond donors (Lipinski definition) is 3. The number of methoxy groups -OCH3 is 1. The van der Waals surface area contributed by atoms with Crippen molar-refractivity contribution in [3.8, 4) is 11.5 Å². The molecule has 10 heteroatoms. The van der Waals surface area contributed by atoms with Gasteiger partial charge in [-0.3, -0.25) is 4.79 Å². The summed E-state index contributed by atoms with van der Waals surface area (Å²) in [6.07, 6.45) is 0.581. The summed E-state index contributed by atoms with van der Waals surface area (Å²) in [6, 6.07) is 4.75. The molecule has 22 heavy (non-hydrogen) atoms. The summed E-state index contributed by atoms with van der Waals surface area (Å²) < 4.78 is 4.78. The van der Waals surface area contributed by atoms with Crippen LogP contribution in [0.2, 0.25) is 0 Å². The second-order valence-electron chi connectivity index (χ2n) is 3.17. The second-order valence-corrected chi connectivity index (χ2v) is 3.17. The molecule has 1 aromatic carbocycles. The van der Waals surface area contributed by atoms with Crippen LogP contribution in [0.5, 0.6) is 11.5 Å². The van der Waals surface area contributed by atoms with Gasteiger partial charge in [0.1, 0.15) is 0 Å². The molecule has 0 amide bonds. The monoisotopic (exact) mass is 364 g/mol. The van der Waals surface area contributed by atoms with Crippen LogP contribution in [-0.2, 0) is 29.1 Å². The number of ether oxygens (including phenoxy) is 1. The Labute approximate surface area is 139 Å². The Kier molecular flexibility index (Phi) is 17.4. The molecule has 0 aliphatic heterocycles. The van der Waals surface area contributed by atoms with Crippen molar-refractivity contribution in [3.05, 3.63) is 23.8 Å². The van der Waals surface area contributed by atoms with Crippen LogP contribution < -0.4 is 26.4 Å². The number of hydrogen-bond acceptors (Lipinski definition) is 9. The fourth-order valence-corrected chi connectivity index (χ4v) is 0.799. The van der Waals surface area contributed by atoms with E-state index >= 15 is 0 Å².